The molecule has 1 unspecified atom stereocenters. The summed E-state index contributed by atoms with van der Waals surface area (Å²) in [5.41, 5.74) is 0. The Morgan fingerprint density at radius 2 is 1.81 bits per heavy atom. The van der Waals surface area contributed by atoms with Crippen molar-refractivity contribution in [3.05, 3.63) is 0 Å². The van der Waals surface area contributed by atoms with Crippen LogP contribution >= 0.6 is 11.8 Å². The number of carbonyl (C=O) groups is 3. The summed E-state index contributed by atoms with van der Waals surface area (Å²) in [7, 11) is 0. The van der Waals surface area contributed by atoms with Crippen molar-refractivity contribution in [1.29, 1.82) is 0 Å². The van der Waals surface area contributed by atoms with Gasteiger partial charge in [0.25, 0.3) is 0 Å². The average molecular weight is 316 g/mol. The summed E-state index contributed by atoms with van der Waals surface area (Å²) in [5, 5.41) is 14.3. The lowest BCUT2D eigenvalue weighted by atomic mass is 10.1. The fraction of sp³-hybridized carbons (Fsp3) is 0.786. The number of thioether (sulfide) groups is 1. The molecule has 0 bridgehead atoms. The van der Waals surface area contributed by atoms with Gasteiger partial charge in [0, 0.05) is 18.7 Å². The predicted octanol–water partition coefficient (Wildman–Crippen LogP) is 1.15. The first kappa shape index (κ1) is 17.8. The van der Waals surface area contributed by atoms with Gasteiger partial charge >= 0.3 is 5.97 Å². The van der Waals surface area contributed by atoms with E-state index in [2.05, 4.69) is 10.6 Å². The van der Waals surface area contributed by atoms with E-state index in [1.54, 1.807) is 0 Å². The Hall–Kier alpha value is -1.24. The molecule has 0 saturated heterocycles. The number of carboxylic acid groups (broad SMARTS) is 1. The van der Waals surface area contributed by atoms with Crippen molar-refractivity contribution >= 4 is 29.5 Å². The molecule has 0 spiro atoms. The lowest BCUT2D eigenvalue weighted by Gasteiger charge is -2.17. The molecular weight excluding hydrogens is 292 g/mol. The molecule has 1 atom stereocenters. The highest BCUT2D eigenvalue weighted by Gasteiger charge is 2.19. The molecule has 1 rings (SSSR count). The fourth-order valence-corrected chi connectivity index (χ4v) is 3.23. The molecule has 0 aromatic heterocycles. The molecular formula is C14H24N2O4S. The molecule has 0 aliphatic heterocycles. The predicted molar refractivity (Wildman–Crippen MR) is 82.2 cm³/mol. The summed E-state index contributed by atoms with van der Waals surface area (Å²) in [6, 6.07) is -0.690. The average Bonchev–Trinajstić information content (AvgIpc) is 2.65. The van der Waals surface area contributed by atoms with Crippen LogP contribution in [0.5, 0.6) is 0 Å². The van der Waals surface area contributed by atoms with Gasteiger partial charge in [-0.25, -0.2) is 4.79 Å². The van der Waals surface area contributed by atoms with E-state index in [1.165, 1.54) is 31.5 Å². The van der Waals surface area contributed by atoms with Crippen molar-refractivity contribution in [3.63, 3.8) is 0 Å². The first-order valence-corrected chi connectivity index (χ1v) is 8.51. The van der Waals surface area contributed by atoms with Crippen molar-refractivity contribution in [2.75, 3.05) is 11.5 Å². The monoisotopic (exact) mass is 316 g/mol. The third-order valence-corrected chi connectivity index (χ3v) is 4.45. The van der Waals surface area contributed by atoms with Crippen molar-refractivity contribution in [2.45, 2.75) is 57.5 Å². The molecule has 0 radical (unpaired) electrons. The van der Waals surface area contributed by atoms with Crippen LogP contribution in [-0.2, 0) is 14.4 Å². The number of amides is 2. The minimum absolute atomic E-state index is 0.0566. The molecule has 2 amide bonds. The van der Waals surface area contributed by atoms with Gasteiger partial charge in [-0.3, -0.25) is 9.59 Å². The van der Waals surface area contributed by atoms with Crippen LogP contribution in [0.3, 0.4) is 0 Å². The number of hydrogen-bond donors (Lipinski definition) is 3. The number of aliphatic carboxylic acids is 1. The molecule has 1 aliphatic carbocycles. The molecule has 3 N–H and O–H groups in total. The summed E-state index contributed by atoms with van der Waals surface area (Å²) >= 11 is 1.23. The molecule has 0 aromatic carbocycles. The molecule has 7 heteroatoms. The number of hydrogen-bond acceptors (Lipinski definition) is 4. The van der Waals surface area contributed by atoms with E-state index in [-0.39, 0.29) is 29.4 Å². The quantitative estimate of drug-likeness (QED) is 0.612. The largest absolute Gasteiger partial charge is 0.480 e. The second kappa shape index (κ2) is 9.65. The fourth-order valence-electron chi connectivity index (χ4n) is 2.38. The van der Waals surface area contributed by atoms with Crippen LogP contribution in [0.25, 0.3) is 0 Å². The van der Waals surface area contributed by atoms with E-state index in [0.717, 1.165) is 25.7 Å². The van der Waals surface area contributed by atoms with Gasteiger partial charge < -0.3 is 15.7 Å². The zero-order chi connectivity index (χ0) is 15.7. The number of carbonyl (C=O) groups excluding carboxylic acids is 2. The number of rotatable bonds is 7. The summed E-state index contributed by atoms with van der Waals surface area (Å²) in [6.45, 7) is 1.28. The van der Waals surface area contributed by atoms with Gasteiger partial charge in [-0.2, -0.15) is 0 Å². The van der Waals surface area contributed by atoms with Crippen LogP contribution in [0.2, 0.25) is 0 Å². The van der Waals surface area contributed by atoms with Crippen molar-refractivity contribution in [1.82, 2.24) is 10.6 Å². The highest BCUT2D eigenvalue weighted by molar-refractivity contribution is 8.00. The molecule has 1 saturated carbocycles. The van der Waals surface area contributed by atoms with Gasteiger partial charge in [0.05, 0.1) is 5.75 Å². The van der Waals surface area contributed by atoms with E-state index in [4.69, 9.17) is 5.11 Å². The van der Waals surface area contributed by atoms with E-state index >= 15 is 0 Å². The zero-order valence-electron chi connectivity index (χ0n) is 12.4. The molecule has 120 valence electrons. The summed E-state index contributed by atoms with van der Waals surface area (Å²) in [4.78, 5) is 33.7. The lowest BCUT2D eigenvalue weighted by molar-refractivity contribution is -0.140. The molecule has 6 nitrogen and oxygen atoms in total. The Kier molecular flexibility index (Phi) is 8.19. The number of carboxylic acids is 1. The second-order valence-corrected chi connectivity index (χ2v) is 6.39. The Bertz CT molecular complexity index is 368. The van der Waals surface area contributed by atoms with Crippen LogP contribution < -0.4 is 10.6 Å². The van der Waals surface area contributed by atoms with Gasteiger partial charge in [-0.05, 0) is 12.8 Å². The highest BCUT2D eigenvalue weighted by Crippen LogP contribution is 2.17. The van der Waals surface area contributed by atoms with Gasteiger partial charge in [0.15, 0.2) is 0 Å². The maximum Gasteiger partial charge on any atom is 0.327 e. The Morgan fingerprint density at radius 3 is 2.33 bits per heavy atom. The van der Waals surface area contributed by atoms with Crippen molar-refractivity contribution in [2.24, 2.45) is 0 Å². The van der Waals surface area contributed by atoms with E-state index in [1.807, 2.05) is 0 Å². The van der Waals surface area contributed by atoms with Crippen molar-refractivity contribution in [3.8, 4) is 0 Å². The summed E-state index contributed by atoms with van der Waals surface area (Å²) in [6.07, 6.45) is 6.83. The number of nitrogens with one attached hydrogen (secondary N) is 2. The minimum atomic E-state index is -1.08. The van der Waals surface area contributed by atoms with Crippen LogP contribution in [0.4, 0.5) is 0 Å². The van der Waals surface area contributed by atoms with Crippen LogP contribution in [0.1, 0.15) is 45.4 Å². The van der Waals surface area contributed by atoms with Crippen LogP contribution in [0.15, 0.2) is 0 Å². The maximum atomic E-state index is 11.8. The Balaban J connectivity index is 2.24. The molecule has 21 heavy (non-hydrogen) atoms. The molecule has 1 fully saturated rings. The maximum absolute atomic E-state index is 11.8. The Labute approximate surface area is 129 Å². The Morgan fingerprint density at radius 1 is 1.19 bits per heavy atom. The van der Waals surface area contributed by atoms with Gasteiger partial charge in [-0.15, -0.1) is 11.8 Å². The van der Waals surface area contributed by atoms with Crippen molar-refractivity contribution < 1.29 is 19.5 Å². The molecule has 0 aromatic rings. The first-order chi connectivity index (χ1) is 9.99. The summed E-state index contributed by atoms with van der Waals surface area (Å²) < 4.78 is 0. The van der Waals surface area contributed by atoms with E-state index < -0.39 is 12.0 Å². The highest BCUT2D eigenvalue weighted by atomic mass is 32.2. The normalized spacial score (nSPS) is 17.6. The third-order valence-electron chi connectivity index (χ3n) is 3.41. The van der Waals surface area contributed by atoms with Crippen LogP contribution in [-0.4, -0.2) is 46.5 Å². The SMILES string of the molecule is CC(=O)NC(CSCC(=O)NC1CCCCCC1)C(=O)O. The topological polar surface area (TPSA) is 95.5 Å². The minimum Gasteiger partial charge on any atom is -0.480 e. The van der Waals surface area contributed by atoms with Gasteiger partial charge in [0.1, 0.15) is 6.04 Å². The third kappa shape index (κ3) is 7.94. The lowest BCUT2D eigenvalue weighted by Crippen LogP contribution is -2.42. The standard InChI is InChI=1S/C14H24N2O4S/c1-10(17)15-12(14(19)20)8-21-9-13(18)16-11-6-4-2-3-5-7-11/h11-12H,2-9H2,1H3,(H,15,17)(H,16,18)(H,19,20). The van der Waals surface area contributed by atoms with Gasteiger partial charge in [0.2, 0.25) is 11.8 Å². The van der Waals surface area contributed by atoms with E-state index in [9.17, 15) is 14.4 Å². The van der Waals surface area contributed by atoms with E-state index in [0.29, 0.717) is 0 Å². The van der Waals surface area contributed by atoms with Crippen LogP contribution in [0, 0.1) is 0 Å². The molecule has 0 heterocycles. The van der Waals surface area contributed by atoms with Gasteiger partial charge in [-0.1, -0.05) is 25.7 Å². The second-order valence-electron chi connectivity index (χ2n) is 5.36. The smallest absolute Gasteiger partial charge is 0.327 e. The first-order valence-electron chi connectivity index (χ1n) is 7.36. The summed E-state index contributed by atoms with van der Waals surface area (Å²) in [5.74, 6) is -1.11. The molecule has 1 aliphatic rings. The zero-order valence-corrected chi connectivity index (χ0v) is 13.2.